The minimum Gasteiger partial charge on any atom is -0.390 e. The lowest BCUT2D eigenvalue weighted by atomic mass is 9.96. The number of carbonyl (C=O) groups excluding carboxylic acids is 1. The van der Waals surface area contributed by atoms with Crippen molar-refractivity contribution in [1.82, 2.24) is 4.90 Å². The summed E-state index contributed by atoms with van der Waals surface area (Å²) in [5.41, 5.74) is 8.04. The van der Waals surface area contributed by atoms with E-state index in [1.54, 1.807) is 18.3 Å². The van der Waals surface area contributed by atoms with Crippen molar-refractivity contribution in [1.29, 1.82) is 0 Å². The number of fused-ring (bicyclic) bond motifs is 4. The van der Waals surface area contributed by atoms with Crippen LogP contribution in [0.15, 0.2) is 0 Å². The zero-order valence-electron chi connectivity index (χ0n) is 9.62. The van der Waals surface area contributed by atoms with Crippen LogP contribution in [0.3, 0.4) is 0 Å². The van der Waals surface area contributed by atoms with Crippen molar-refractivity contribution >= 4 is 22.1 Å². The summed E-state index contributed by atoms with van der Waals surface area (Å²) >= 11 is 1.62. The summed E-state index contributed by atoms with van der Waals surface area (Å²) in [6.45, 7) is 1.62. The molecule has 2 N–H and O–H groups in total. The van der Waals surface area contributed by atoms with Gasteiger partial charge < -0.3 is 5.73 Å². The third kappa shape index (κ3) is 1.20. The molecule has 1 aromatic heterocycles. The first-order chi connectivity index (χ1) is 7.59. The van der Waals surface area contributed by atoms with Gasteiger partial charge in [-0.2, -0.15) is 0 Å². The van der Waals surface area contributed by atoms with E-state index >= 15 is 0 Å². The van der Waals surface area contributed by atoms with E-state index < -0.39 is 0 Å². The first-order valence-electron chi connectivity index (χ1n) is 5.73. The van der Waals surface area contributed by atoms with Gasteiger partial charge in [-0.3, -0.25) is 9.69 Å². The normalized spacial score (nSPS) is 28.1. The quantitative estimate of drug-likeness (QED) is 0.761. The van der Waals surface area contributed by atoms with Gasteiger partial charge >= 0.3 is 0 Å². The number of nitrogens with zero attached hydrogens (tertiary/aromatic N) is 1. The maximum Gasteiger partial charge on any atom is 0.163 e. The molecular formula is C12H16N2OS. The highest BCUT2D eigenvalue weighted by Crippen LogP contribution is 2.48. The maximum absolute atomic E-state index is 11.6. The molecule has 16 heavy (non-hydrogen) atoms. The smallest absolute Gasteiger partial charge is 0.163 e. The van der Waals surface area contributed by atoms with Crippen molar-refractivity contribution in [2.45, 2.75) is 38.3 Å². The Morgan fingerprint density at radius 3 is 2.94 bits per heavy atom. The van der Waals surface area contributed by atoms with Gasteiger partial charge in [-0.15, -0.1) is 11.3 Å². The molecule has 4 heteroatoms. The third-order valence-electron chi connectivity index (χ3n) is 4.00. The van der Waals surface area contributed by atoms with E-state index in [9.17, 15) is 4.79 Å². The van der Waals surface area contributed by atoms with E-state index in [1.165, 1.54) is 23.3 Å². The van der Waals surface area contributed by atoms with Crippen molar-refractivity contribution in [3.05, 3.63) is 16.0 Å². The van der Waals surface area contributed by atoms with Crippen LogP contribution >= 0.6 is 11.3 Å². The molecule has 86 valence electrons. The topological polar surface area (TPSA) is 46.3 Å². The van der Waals surface area contributed by atoms with Gasteiger partial charge in [0.05, 0.1) is 10.6 Å². The SMILES string of the molecule is CC(=O)c1c(N)sc2c1C[C@H]1CC[C@@H]2N1C. The molecule has 2 bridgehead atoms. The highest BCUT2D eigenvalue weighted by atomic mass is 32.1. The Kier molecular flexibility index (Phi) is 2.13. The lowest BCUT2D eigenvalue weighted by molar-refractivity contribution is 0.101. The molecule has 1 saturated heterocycles. The second-order valence-corrected chi connectivity index (χ2v) is 5.94. The zero-order valence-corrected chi connectivity index (χ0v) is 10.4. The number of nitrogen functional groups attached to an aromatic ring is 1. The molecule has 2 aliphatic rings. The fourth-order valence-electron chi connectivity index (χ4n) is 3.17. The second kappa shape index (κ2) is 3.31. The van der Waals surface area contributed by atoms with Gasteiger partial charge in [-0.1, -0.05) is 0 Å². The van der Waals surface area contributed by atoms with E-state index in [-0.39, 0.29) is 5.78 Å². The van der Waals surface area contributed by atoms with Gasteiger partial charge in [-0.25, -0.2) is 0 Å². The molecular weight excluding hydrogens is 220 g/mol. The predicted molar refractivity (Wildman–Crippen MR) is 66.0 cm³/mol. The summed E-state index contributed by atoms with van der Waals surface area (Å²) < 4.78 is 0. The Labute approximate surface area is 99.2 Å². The van der Waals surface area contributed by atoms with Crippen LogP contribution in [-0.4, -0.2) is 23.8 Å². The molecule has 1 aromatic rings. The first-order valence-corrected chi connectivity index (χ1v) is 6.55. The average Bonchev–Trinajstić information content (AvgIpc) is 2.64. The Balaban J connectivity index is 2.16. The standard InChI is InChI=1S/C12H16N2OS/c1-6(15)10-8-5-7-3-4-9(14(7)2)11(8)16-12(10)13/h7,9H,3-5,13H2,1-2H3/t7-,9+/m1/s1. The van der Waals surface area contributed by atoms with Crippen molar-refractivity contribution < 1.29 is 4.79 Å². The van der Waals surface area contributed by atoms with E-state index in [1.807, 2.05) is 0 Å². The van der Waals surface area contributed by atoms with Gasteiger partial charge in [0.25, 0.3) is 0 Å². The minimum atomic E-state index is 0.124. The Morgan fingerprint density at radius 2 is 2.25 bits per heavy atom. The number of carbonyl (C=O) groups is 1. The van der Waals surface area contributed by atoms with Gasteiger partial charge in [0.15, 0.2) is 5.78 Å². The lowest BCUT2D eigenvalue weighted by Gasteiger charge is -2.31. The van der Waals surface area contributed by atoms with Crippen molar-refractivity contribution in [3.8, 4) is 0 Å². The third-order valence-corrected chi connectivity index (χ3v) is 5.16. The number of nitrogens with two attached hydrogens (primary N) is 1. The molecule has 2 aliphatic heterocycles. The fourth-order valence-corrected chi connectivity index (χ4v) is 4.51. The van der Waals surface area contributed by atoms with E-state index in [0.29, 0.717) is 12.1 Å². The molecule has 0 amide bonds. The maximum atomic E-state index is 11.6. The van der Waals surface area contributed by atoms with Gasteiger partial charge in [0, 0.05) is 17.0 Å². The Morgan fingerprint density at radius 1 is 1.50 bits per heavy atom. The zero-order chi connectivity index (χ0) is 11.4. The number of hydrogen-bond acceptors (Lipinski definition) is 4. The van der Waals surface area contributed by atoms with E-state index in [2.05, 4.69) is 11.9 Å². The average molecular weight is 236 g/mol. The largest absolute Gasteiger partial charge is 0.390 e. The number of Topliss-reactive ketones (excluding diaryl/α,β-unsaturated/α-hetero) is 1. The van der Waals surface area contributed by atoms with Crippen LogP contribution in [0.1, 0.15) is 46.6 Å². The fraction of sp³-hybridized carbons (Fsp3) is 0.583. The number of rotatable bonds is 1. The highest BCUT2D eigenvalue weighted by Gasteiger charge is 2.40. The highest BCUT2D eigenvalue weighted by molar-refractivity contribution is 7.16. The first kappa shape index (κ1) is 10.3. The number of ketones is 1. The van der Waals surface area contributed by atoms with Crippen LogP contribution in [0.2, 0.25) is 0 Å². The molecule has 0 unspecified atom stereocenters. The molecule has 0 aromatic carbocycles. The van der Waals surface area contributed by atoms with Crippen LogP contribution in [0.25, 0.3) is 0 Å². The van der Waals surface area contributed by atoms with Crippen LogP contribution in [0.4, 0.5) is 5.00 Å². The molecule has 0 saturated carbocycles. The van der Waals surface area contributed by atoms with E-state index in [4.69, 9.17) is 5.73 Å². The Hall–Kier alpha value is -0.870. The monoisotopic (exact) mass is 236 g/mol. The van der Waals surface area contributed by atoms with Crippen LogP contribution in [0.5, 0.6) is 0 Å². The molecule has 2 atom stereocenters. The summed E-state index contributed by atoms with van der Waals surface area (Å²) in [6, 6.07) is 1.12. The van der Waals surface area contributed by atoms with Gasteiger partial charge in [0.2, 0.25) is 0 Å². The second-order valence-electron chi connectivity index (χ2n) is 4.86. The molecule has 0 aliphatic carbocycles. The minimum absolute atomic E-state index is 0.124. The predicted octanol–water partition coefficient (Wildman–Crippen LogP) is 2.22. The summed E-state index contributed by atoms with van der Waals surface area (Å²) in [6.07, 6.45) is 3.47. The summed E-state index contributed by atoms with van der Waals surface area (Å²) in [5, 5.41) is 0.721. The number of likely N-dealkylation sites (N-methyl/N-ethyl adjacent to an activating group) is 1. The van der Waals surface area contributed by atoms with Crippen LogP contribution in [-0.2, 0) is 6.42 Å². The van der Waals surface area contributed by atoms with Gasteiger partial charge in [0.1, 0.15) is 0 Å². The van der Waals surface area contributed by atoms with Gasteiger partial charge in [-0.05, 0) is 38.8 Å². The molecule has 1 fully saturated rings. The number of hydrogen-bond donors (Lipinski definition) is 1. The van der Waals surface area contributed by atoms with Crippen LogP contribution in [0, 0.1) is 0 Å². The van der Waals surface area contributed by atoms with Crippen molar-refractivity contribution in [3.63, 3.8) is 0 Å². The molecule has 3 nitrogen and oxygen atoms in total. The molecule has 0 radical (unpaired) electrons. The summed E-state index contributed by atoms with van der Waals surface area (Å²) in [7, 11) is 2.19. The molecule has 3 rings (SSSR count). The summed E-state index contributed by atoms with van der Waals surface area (Å²) in [4.78, 5) is 15.4. The summed E-state index contributed by atoms with van der Waals surface area (Å²) in [5.74, 6) is 0.124. The van der Waals surface area contributed by atoms with Crippen LogP contribution < -0.4 is 5.73 Å². The number of thiophene rings is 1. The lowest BCUT2D eigenvalue weighted by Crippen LogP contribution is -2.33. The molecule has 3 heterocycles. The van der Waals surface area contributed by atoms with Crippen molar-refractivity contribution in [2.24, 2.45) is 0 Å². The molecule has 0 spiro atoms. The van der Waals surface area contributed by atoms with E-state index in [0.717, 1.165) is 17.0 Å². The Bertz CT molecular complexity index is 466. The van der Waals surface area contributed by atoms with Crippen molar-refractivity contribution in [2.75, 3.05) is 12.8 Å². The number of anilines is 1.